The number of aryl methyl sites for hydroxylation is 1. The Morgan fingerprint density at radius 3 is 2.14 bits per heavy atom. The van der Waals surface area contributed by atoms with E-state index in [0.29, 0.717) is 5.56 Å². The molecule has 0 unspecified atom stereocenters. The molecule has 3 rings (SSSR count). The number of rotatable bonds is 4. The summed E-state index contributed by atoms with van der Waals surface area (Å²) in [4.78, 5) is 49.4. The van der Waals surface area contributed by atoms with Crippen LogP contribution in [0.15, 0.2) is 53.4 Å². The number of nitrogens with one attached hydrogen (secondary N) is 3. The second-order valence-electron chi connectivity index (χ2n) is 6.33. The molecule has 0 aliphatic carbocycles. The quantitative estimate of drug-likeness (QED) is 0.497. The highest BCUT2D eigenvalue weighted by Crippen LogP contribution is 2.25. The van der Waals surface area contributed by atoms with Crippen molar-refractivity contribution < 1.29 is 27.6 Å². The Hall–Kier alpha value is -3.57. The second kappa shape index (κ2) is 7.11. The van der Waals surface area contributed by atoms with E-state index in [1.54, 1.807) is 18.2 Å². The third-order valence-corrected chi connectivity index (χ3v) is 5.45. The first-order valence-corrected chi connectivity index (χ1v) is 9.78. The summed E-state index contributed by atoms with van der Waals surface area (Å²) in [5.41, 5.74) is -1.96. The fourth-order valence-electron chi connectivity index (χ4n) is 2.95. The van der Waals surface area contributed by atoms with Crippen LogP contribution >= 0.6 is 0 Å². The molecule has 1 heterocycles. The Balaban J connectivity index is 2.09. The first-order valence-electron chi connectivity index (χ1n) is 8.24. The highest BCUT2D eigenvalue weighted by atomic mass is 32.2. The zero-order valence-corrected chi connectivity index (χ0v) is 15.9. The van der Waals surface area contributed by atoms with Gasteiger partial charge in [-0.25, -0.2) is 18.4 Å². The smallest absolute Gasteiger partial charge is 0.326 e. The van der Waals surface area contributed by atoms with Gasteiger partial charge < -0.3 is 5.32 Å². The minimum atomic E-state index is -4.10. The van der Waals surface area contributed by atoms with E-state index in [-0.39, 0.29) is 16.0 Å². The fourth-order valence-corrected chi connectivity index (χ4v) is 3.76. The molecule has 1 fully saturated rings. The number of barbiturate groups is 1. The number of primary sulfonamides is 1. The normalized spacial score (nSPS) is 16.0. The summed E-state index contributed by atoms with van der Waals surface area (Å²) in [6.07, 6.45) is 0. The van der Waals surface area contributed by atoms with Gasteiger partial charge in [0, 0.05) is 5.56 Å². The van der Waals surface area contributed by atoms with Gasteiger partial charge in [-0.2, -0.15) is 0 Å². The van der Waals surface area contributed by atoms with E-state index in [4.69, 9.17) is 5.14 Å². The van der Waals surface area contributed by atoms with Crippen molar-refractivity contribution in [2.75, 3.05) is 0 Å². The van der Waals surface area contributed by atoms with Crippen LogP contribution in [0.3, 0.4) is 0 Å². The zero-order valence-electron chi connectivity index (χ0n) is 15.1. The van der Waals surface area contributed by atoms with Crippen LogP contribution < -0.4 is 21.1 Å². The molecule has 0 saturated carbocycles. The van der Waals surface area contributed by atoms with Crippen LogP contribution in [-0.2, 0) is 25.2 Å². The van der Waals surface area contributed by atoms with Gasteiger partial charge in [0.2, 0.25) is 15.6 Å². The molecule has 5 N–H and O–H groups in total. The summed E-state index contributed by atoms with van der Waals surface area (Å²) in [5, 5.41) is 11.4. The minimum absolute atomic E-state index is 0.106. The number of amides is 5. The summed E-state index contributed by atoms with van der Waals surface area (Å²) in [6.45, 7) is 1.50. The predicted octanol–water partition coefficient (Wildman–Crippen LogP) is -0.366. The van der Waals surface area contributed by atoms with Gasteiger partial charge in [-0.1, -0.05) is 36.4 Å². The molecule has 11 heteroatoms. The number of benzene rings is 2. The van der Waals surface area contributed by atoms with E-state index < -0.39 is 39.3 Å². The molecule has 1 aliphatic rings. The van der Waals surface area contributed by atoms with Crippen LogP contribution in [0.5, 0.6) is 0 Å². The molecule has 150 valence electrons. The van der Waals surface area contributed by atoms with Gasteiger partial charge in [-0.3, -0.25) is 25.0 Å². The molecule has 5 amide bonds. The Kier molecular flexibility index (Phi) is 4.95. The molecular weight excluding hydrogens is 400 g/mol. The van der Waals surface area contributed by atoms with Crippen LogP contribution in [0.25, 0.3) is 0 Å². The van der Waals surface area contributed by atoms with Crippen molar-refractivity contribution in [3.8, 4) is 0 Å². The lowest BCUT2D eigenvalue weighted by Gasteiger charge is -2.34. The van der Waals surface area contributed by atoms with Crippen molar-refractivity contribution in [2.45, 2.75) is 17.4 Å². The molecular formula is C18H16N4O6S. The van der Waals surface area contributed by atoms with E-state index in [1.165, 1.54) is 31.2 Å². The molecule has 10 nitrogen and oxygen atoms in total. The van der Waals surface area contributed by atoms with Crippen LogP contribution in [-0.4, -0.2) is 32.2 Å². The topological polar surface area (TPSA) is 165 Å². The highest BCUT2D eigenvalue weighted by Gasteiger charge is 2.53. The van der Waals surface area contributed by atoms with E-state index in [2.05, 4.69) is 5.32 Å². The first kappa shape index (κ1) is 20.2. The number of nitrogens with two attached hydrogens (primary N) is 1. The largest absolute Gasteiger partial charge is 0.328 e. The molecule has 29 heavy (non-hydrogen) atoms. The molecule has 1 aliphatic heterocycles. The average Bonchev–Trinajstić information content (AvgIpc) is 2.64. The van der Waals surface area contributed by atoms with E-state index in [0.717, 1.165) is 6.07 Å². The van der Waals surface area contributed by atoms with Gasteiger partial charge in [0.05, 0.1) is 4.90 Å². The summed E-state index contributed by atoms with van der Waals surface area (Å²) >= 11 is 0. The number of hydrogen-bond acceptors (Lipinski definition) is 6. The van der Waals surface area contributed by atoms with Crippen molar-refractivity contribution in [1.29, 1.82) is 0 Å². The maximum absolute atomic E-state index is 12.9. The Morgan fingerprint density at radius 1 is 1.00 bits per heavy atom. The first-order chi connectivity index (χ1) is 13.6. The maximum atomic E-state index is 12.9. The number of hydrogen-bond donors (Lipinski definition) is 4. The van der Waals surface area contributed by atoms with Crippen molar-refractivity contribution >= 4 is 33.8 Å². The Bertz CT molecular complexity index is 1120. The molecule has 2 aromatic carbocycles. The zero-order chi connectivity index (χ0) is 21.4. The van der Waals surface area contributed by atoms with Crippen LogP contribution in [0.1, 0.15) is 21.5 Å². The number of sulfonamides is 1. The van der Waals surface area contributed by atoms with Gasteiger partial charge in [-0.05, 0) is 30.2 Å². The number of carbonyl (C=O) groups is 4. The summed E-state index contributed by atoms with van der Waals surface area (Å²) in [6, 6.07) is 10.3. The number of carbonyl (C=O) groups excluding carboxylic acids is 4. The van der Waals surface area contributed by atoms with E-state index in [9.17, 15) is 27.6 Å². The standard InChI is InChI=1S/C18H16N4O6S/c1-10-7-8-11(9-13(10)29(19,27)28)14(23)22-18(12-5-3-2-4-6-12)15(24)20-17(26)21-16(18)25/h2-9H,1H3,(H,22,23)(H2,19,27,28)(H2,20,21,24,25,26). The summed E-state index contributed by atoms with van der Waals surface area (Å²) in [7, 11) is -4.10. The predicted molar refractivity (Wildman–Crippen MR) is 99.8 cm³/mol. The SMILES string of the molecule is Cc1ccc(C(=O)NC2(c3ccccc3)C(=O)NC(=O)NC2=O)cc1S(N)(=O)=O. The third kappa shape index (κ3) is 3.60. The van der Waals surface area contributed by atoms with E-state index in [1.807, 2.05) is 10.6 Å². The second-order valence-corrected chi connectivity index (χ2v) is 7.86. The molecule has 0 atom stereocenters. The van der Waals surface area contributed by atoms with Gasteiger partial charge in [-0.15, -0.1) is 0 Å². The number of imide groups is 2. The van der Waals surface area contributed by atoms with Crippen molar-refractivity contribution in [3.05, 3.63) is 65.2 Å². The lowest BCUT2D eigenvalue weighted by atomic mass is 9.86. The van der Waals surface area contributed by atoms with Crippen molar-refractivity contribution in [1.82, 2.24) is 16.0 Å². The van der Waals surface area contributed by atoms with E-state index >= 15 is 0 Å². The van der Waals surface area contributed by atoms with Crippen LogP contribution in [0, 0.1) is 6.92 Å². The van der Waals surface area contributed by atoms with Gasteiger partial charge in [0.15, 0.2) is 0 Å². The fraction of sp³-hybridized carbons (Fsp3) is 0.111. The molecule has 1 saturated heterocycles. The molecule has 0 spiro atoms. The Morgan fingerprint density at radius 2 is 1.59 bits per heavy atom. The molecule has 2 aromatic rings. The lowest BCUT2D eigenvalue weighted by molar-refractivity contribution is -0.139. The van der Waals surface area contributed by atoms with Gasteiger partial charge in [0.1, 0.15) is 0 Å². The average molecular weight is 416 g/mol. The molecule has 0 bridgehead atoms. The summed E-state index contributed by atoms with van der Waals surface area (Å²) in [5.74, 6) is -3.02. The Labute approximate surface area is 165 Å². The highest BCUT2D eigenvalue weighted by molar-refractivity contribution is 7.89. The minimum Gasteiger partial charge on any atom is -0.326 e. The molecule has 0 aromatic heterocycles. The van der Waals surface area contributed by atoms with Gasteiger partial charge in [0.25, 0.3) is 17.7 Å². The number of urea groups is 1. The lowest BCUT2D eigenvalue weighted by Crippen LogP contribution is -2.71. The van der Waals surface area contributed by atoms with Crippen LogP contribution in [0.4, 0.5) is 4.79 Å². The van der Waals surface area contributed by atoms with Crippen LogP contribution in [0.2, 0.25) is 0 Å². The monoisotopic (exact) mass is 416 g/mol. The molecule has 0 radical (unpaired) electrons. The van der Waals surface area contributed by atoms with Gasteiger partial charge >= 0.3 is 6.03 Å². The maximum Gasteiger partial charge on any atom is 0.328 e. The van der Waals surface area contributed by atoms with Crippen molar-refractivity contribution in [2.24, 2.45) is 5.14 Å². The third-order valence-electron chi connectivity index (χ3n) is 4.40. The van der Waals surface area contributed by atoms with Crippen molar-refractivity contribution in [3.63, 3.8) is 0 Å². The summed E-state index contributed by atoms with van der Waals surface area (Å²) < 4.78 is 23.4.